The van der Waals surface area contributed by atoms with Crippen molar-refractivity contribution in [1.29, 1.82) is 0 Å². The van der Waals surface area contributed by atoms with E-state index < -0.39 is 17.8 Å². The fraction of sp³-hybridized carbons (Fsp3) is 0.455. The van der Waals surface area contributed by atoms with E-state index in [0.717, 1.165) is 4.90 Å². The molecule has 0 saturated heterocycles. The third kappa shape index (κ3) is 4.09. The Bertz CT molecular complexity index is 463. The lowest BCUT2D eigenvalue weighted by molar-refractivity contribution is -0.144. The Morgan fingerprint density at radius 1 is 1.21 bits per heavy atom. The van der Waals surface area contributed by atoms with Crippen LogP contribution < -0.4 is 0 Å². The molecule has 19 heavy (non-hydrogen) atoms. The van der Waals surface area contributed by atoms with Crippen LogP contribution >= 0.6 is 0 Å². The van der Waals surface area contributed by atoms with Crippen molar-refractivity contribution < 1.29 is 28.4 Å². The number of hydrogen-bond acceptors (Lipinski definition) is 7. The van der Waals surface area contributed by atoms with Gasteiger partial charge in [0, 0.05) is 6.07 Å². The van der Waals surface area contributed by atoms with Gasteiger partial charge in [-0.3, -0.25) is 14.4 Å². The number of hydrogen-bond donors (Lipinski definition) is 0. The molecule has 1 aromatic rings. The normalized spacial score (nSPS) is 9.84. The van der Waals surface area contributed by atoms with Gasteiger partial charge in [-0.05, 0) is 6.92 Å². The van der Waals surface area contributed by atoms with E-state index in [4.69, 9.17) is 4.52 Å². The molecule has 1 amide bonds. The van der Waals surface area contributed by atoms with Gasteiger partial charge in [-0.2, -0.15) is 0 Å². The summed E-state index contributed by atoms with van der Waals surface area (Å²) in [5.41, 5.74) is 0.00491. The van der Waals surface area contributed by atoms with E-state index in [1.165, 1.54) is 20.3 Å². The van der Waals surface area contributed by atoms with E-state index in [9.17, 15) is 14.4 Å². The summed E-state index contributed by atoms with van der Waals surface area (Å²) in [6, 6.07) is 1.41. The second kappa shape index (κ2) is 6.53. The fourth-order valence-corrected chi connectivity index (χ4v) is 1.27. The molecular weight excluding hydrogens is 256 g/mol. The van der Waals surface area contributed by atoms with Crippen molar-refractivity contribution in [3.8, 4) is 0 Å². The number of aromatic nitrogens is 1. The Morgan fingerprint density at radius 2 is 1.74 bits per heavy atom. The van der Waals surface area contributed by atoms with Crippen LogP contribution in [0.2, 0.25) is 0 Å². The van der Waals surface area contributed by atoms with Crippen LogP contribution in [0.4, 0.5) is 0 Å². The van der Waals surface area contributed by atoms with Gasteiger partial charge in [0.05, 0.1) is 14.2 Å². The number of nitrogens with zero attached hydrogens (tertiary/aromatic N) is 2. The van der Waals surface area contributed by atoms with E-state index in [0.29, 0.717) is 5.76 Å². The lowest BCUT2D eigenvalue weighted by atomic mass is 10.3. The first kappa shape index (κ1) is 14.7. The van der Waals surface area contributed by atoms with Gasteiger partial charge in [0.2, 0.25) is 0 Å². The number of esters is 2. The van der Waals surface area contributed by atoms with Crippen LogP contribution in [0.3, 0.4) is 0 Å². The number of ether oxygens (including phenoxy) is 2. The Kier molecular flexibility index (Phi) is 5.04. The van der Waals surface area contributed by atoms with Gasteiger partial charge < -0.3 is 18.9 Å². The predicted molar refractivity (Wildman–Crippen MR) is 61.2 cm³/mol. The molecule has 0 bridgehead atoms. The highest BCUT2D eigenvalue weighted by Crippen LogP contribution is 2.06. The number of carbonyl (C=O) groups excluding carboxylic acids is 3. The van der Waals surface area contributed by atoms with Gasteiger partial charge in [-0.1, -0.05) is 5.16 Å². The van der Waals surface area contributed by atoms with Crippen molar-refractivity contribution in [3.05, 3.63) is 17.5 Å². The summed E-state index contributed by atoms with van der Waals surface area (Å²) in [5, 5.41) is 3.53. The molecule has 1 heterocycles. The molecule has 1 aromatic heterocycles. The molecule has 0 saturated carbocycles. The van der Waals surface area contributed by atoms with Crippen molar-refractivity contribution in [2.24, 2.45) is 0 Å². The zero-order valence-electron chi connectivity index (χ0n) is 10.8. The van der Waals surface area contributed by atoms with Crippen molar-refractivity contribution in [1.82, 2.24) is 10.1 Å². The molecule has 0 unspecified atom stereocenters. The van der Waals surface area contributed by atoms with Crippen LogP contribution in [-0.2, 0) is 19.1 Å². The molecule has 1 rings (SSSR count). The Balaban J connectivity index is 2.85. The zero-order chi connectivity index (χ0) is 14.4. The van der Waals surface area contributed by atoms with Gasteiger partial charge in [-0.15, -0.1) is 0 Å². The number of methoxy groups -OCH3 is 2. The van der Waals surface area contributed by atoms with Gasteiger partial charge in [-0.25, -0.2) is 0 Å². The highest BCUT2D eigenvalue weighted by molar-refractivity contribution is 5.96. The number of carbonyl (C=O) groups is 3. The van der Waals surface area contributed by atoms with Crippen molar-refractivity contribution >= 4 is 17.8 Å². The zero-order valence-corrected chi connectivity index (χ0v) is 10.8. The van der Waals surface area contributed by atoms with Gasteiger partial charge >= 0.3 is 11.9 Å². The van der Waals surface area contributed by atoms with Crippen molar-refractivity contribution in [3.63, 3.8) is 0 Å². The SMILES string of the molecule is COC(=O)CN(CC(=O)OC)C(=O)c1cc(C)on1. The molecule has 0 radical (unpaired) electrons. The Labute approximate surface area is 109 Å². The van der Waals surface area contributed by atoms with E-state index >= 15 is 0 Å². The van der Waals surface area contributed by atoms with Crippen LogP contribution in [0.5, 0.6) is 0 Å². The molecule has 0 N–H and O–H groups in total. The topological polar surface area (TPSA) is 98.9 Å². The first-order valence-corrected chi connectivity index (χ1v) is 5.34. The molecule has 104 valence electrons. The molecule has 0 aliphatic carbocycles. The number of amides is 1. The van der Waals surface area contributed by atoms with Gasteiger partial charge in [0.25, 0.3) is 5.91 Å². The maximum absolute atomic E-state index is 12.0. The molecular formula is C11H14N2O6. The predicted octanol–water partition coefficient (Wildman–Crippen LogP) is -0.229. The maximum atomic E-state index is 12.0. The summed E-state index contributed by atoms with van der Waals surface area (Å²) < 4.78 is 13.7. The van der Waals surface area contributed by atoms with Crippen molar-refractivity contribution in [2.75, 3.05) is 27.3 Å². The second-order valence-corrected chi connectivity index (χ2v) is 3.64. The molecule has 0 spiro atoms. The molecule has 0 atom stereocenters. The Hall–Kier alpha value is -2.38. The highest BCUT2D eigenvalue weighted by Gasteiger charge is 2.24. The summed E-state index contributed by atoms with van der Waals surface area (Å²) in [5.74, 6) is -1.48. The lowest BCUT2D eigenvalue weighted by Crippen LogP contribution is -2.40. The van der Waals surface area contributed by atoms with Crippen LogP contribution in [0, 0.1) is 6.92 Å². The summed E-state index contributed by atoms with van der Waals surface area (Å²) in [7, 11) is 2.37. The summed E-state index contributed by atoms with van der Waals surface area (Å²) in [6.07, 6.45) is 0. The second-order valence-electron chi connectivity index (χ2n) is 3.64. The minimum absolute atomic E-state index is 0.00491. The van der Waals surface area contributed by atoms with Gasteiger partial charge in [0.1, 0.15) is 18.8 Å². The molecule has 8 nitrogen and oxygen atoms in total. The summed E-state index contributed by atoms with van der Waals surface area (Å²) in [4.78, 5) is 35.5. The summed E-state index contributed by atoms with van der Waals surface area (Å²) >= 11 is 0. The van der Waals surface area contributed by atoms with Crippen molar-refractivity contribution in [2.45, 2.75) is 6.92 Å². The minimum atomic E-state index is -0.655. The molecule has 0 fully saturated rings. The number of aryl methyl sites for hydroxylation is 1. The first-order chi connectivity index (χ1) is 8.97. The van der Waals surface area contributed by atoms with Gasteiger partial charge in [0.15, 0.2) is 5.69 Å². The van der Waals surface area contributed by atoms with Crippen LogP contribution in [0.25, 0.3) is 0 Å². The monoisotopic (exact) mass is 270 g/mol. The Morgan fingerprint density at radius 3 is 2.11 bits per heavy atom. The summed E-state index contributed by atoms with van der Waals surface area (Å²) in [6.45, 7) is 0.863. The third-order valence-corrected chi connectivity index (χ3v) is 2.23. The lowest BCUT2D eigenvalue weighted by Gasteiger charge is -2.18. The van der Waals surface area contributed by atoms with E-state index in [1.54, 1.807) is 6.92 Å². The van der Waals surface area contributed by atoms with E-state index in [-0.39, 0.29) is 18.8 Å². The molecule has 8 heteroatoms. The first-order valence-electron chi connectivity index (χ1n) is 5.34. The standard InChI is InChI=1S/C11H14N2O6/c1-7-4-8(12-19-7)11(16)13(5-9(14)17-2)6-10(15)18-3/h4H,5-6H2,1-3H3. The fourth-order valence-electron chi connectivity index (χ4n) is 1.27. The smallest absolute Gasteiger partial charge is 0.325 e. The average molecular weight is 270 g/mol. The molecule has 0 aliphatic rings. The van der Waals surface area contributed by atoms with E-state index in [1.807, 2.05) is 0 Å². The number of rotatable bonds is 5. The quantitative estimate of drug-likeness (QED) is 0.681. The van der Waals surface area contributed by atoms with Crippen LogP contribution in [0.15, 0.2) is 10.6 Å². The maximum Gasteiger partial charge on any atom is 0.325 e. The molecule has 0 aromatic carbocycles. The third-order valence-electron chi connectivity index (χ3n) is 2.23. The van der Waals surface area contributed by atoms with Crippen LogP contribution in [0.1, 0.15) is 16.2 Å². The highest BCUT2D eigenvalue weighted by atomic mass is 16.5. The minimum Gasteiger partial charge on any atom is -0.468 e. The van der Waals surface area contributed by atoms with E-state index in [2.05, 4.69) is 14.6 Å². The average Bonchev–Trinajstić information content (AvgIpc) is 2.83. The molecule has 0 aliphatic heterocycles. The van der Waals surface area contributed by atoms with Crippen LogP contribution in [-0.4, -0.2) is 55.2 Å². The largest absolute Gasteiger partial charge is 0.468 e.